The Kier molecular flexibility index (Phi) is 6.17. The van der Waals surface area contributed by atoms with E-state index in [4.69, 9.17) is 9.47 Å². The van der Waals surface area contributed by atoms with Crippen LogP contribution in [0, 0.1) is 6.92 Å². The molecule has 2 rings (SSSR count). The molecule has 0 aliphatic carbocycles. The molecule has 0 saturated carbocycles. The zero-order valence-corrected chi connectivity index (χ0v) is 14.5. The predicted octanol–water partition coefficient (Wildman–Crippen LogP) is 3.30. The molecule has 0 bridgehead atoms. The standard InChI is InChI=1S/C17H17BrN2O3/c1-12-3-5-13(6-4-12)10-19-20-17(21)11-23-16-8-7-14(22-2)9-15(16)18/h3-10H,11H2,1-2H3,(H,20,21). The third-order valence-electron chi connectivity index (χ3n) is 2.98. The first-order chi connectivity index (χ1) is 11.1. The van der Waals surface area contributed by atoms with Gasteiger partial charge >= 0.3 is 0 Å². The molecule has 0 radical (unpaired) electrons. The van der Waals surface area contributed by atoms with E-state index in [9.17, 15) is 4.79 Å². The van der Waals surface area contributed by atoms with E-state index >= 15 is 0 Å². The van der Waals surface area contributed by atoms with Crippen molar-refractivity contribution in [1.82, 2.24) is 5.43 Å². The van der Waals surface area contributed by atoms with Crippen LogP contribution in [-0.4, -0.2) is 25.8 Å². The minimum Gasteiger partial charge on any atom is -0.497 e. The Balaban J connectivity index is 1.82. The SMILES string of the molecule is COc1ccc(OCC(=O)NN=Cc2ccc(C)cc2)c(Br)c1. The van der Waals surface area contributed by atoms with Crippen LogP contribution in [0.25, 0.3) is 0 Å². The molecule has 0 unspecified atom stereocenters. The molecule has 0 aliphatic heterocycles. The maximum Gasteiger partial charge on any atom is 0.277 e. The number of carbonyl (C=O) groups is 1. The normalized spacial score (nSPS) is 10.6. The molecule has 1 N–H and O–H groups in total. The highest BCUT2D eigenvalue weighted by Crippen LogP contribution is 2.28. The topological polar surface area (TPSA) is 59.9 Å². The molecule has 5 nitrogen and oxygen atoms in total. The number of carbonyl (C=O) groups excluding carboxylic acids is 1. The zero-order chi connectivity index (χ0) is 16.7. The lowest BCUT2D eigenvalue weighted by atomic mass is 10.2. The van der Waals surface area contributed by atoms with Gasteiger partial charge in [0, 0.05) is 0 Å². The van der Waals surface area contributed by atoms with Gasteiger partial charge in [0.25, 0.3) is 5.91 Å². The van der Waals surface area contributed by atoms with Crippen LogP contribution in [0.4, 0.5) is 0 Å². The second-order valence-corrected chi connectivity index (χ2v) is 5.64. The number of amides is 1. The van der Waals surface area contributed by atoms with E-state index in [1.54, 1.807) is 31.5 Å². The molecule has 120 valence electrons. The third kappa shape index (κ3) is 5.41. The lowest BCUT2D eigenvalue weighted by Crippen LogP contribution is -2.24. The Morgan fingerprint density at radius 1 is 1.26 bits per heavy atom. The van der Waals surface area contributed by atoms with Gasteiger partial charge in [0.15, 0.2) is 6.61 Å². The van der Waals surface area contributed by atoms with Crippen LogP contribution in [0.2, 0.25) is 0 Å². The van der Waals surface area contributed by atoms with E-state index < -0.39 is 0 Å². The molecule has 0 fully saturated rings. The van der Waals surface area contributed by atoms with Crippen LogP contribution < -0.4 is 14.9 Å². The molecule has 0 spiro atoms. The summed E-state index contributed by atoms with van der Waals surface area (Å²) < 4.78 is 11.2. The molecule has 6 heteroatoms. The molecule has 23 heavy (non-hydrogen) atoms. The van der Waals surface area contributed by atoms with Crippen LogP contribution in [0.5, 0.6) is 11.5 Å². The third-order valence-corrected chi connectivity index (χ3v) is 3.60. The number of benzene rings is 2. The van der Waals surface area contributed by atoms with Crippen molar-refractivity contribution in [1.29, 1.82) is 0 Å². The summed E-state index contributed by atoms with van der Waals surface area (Å²) in [7, 11) is 1.59. The van der Waals surface area contributed by atoms with Crippen molar-refractivity contribution in [3.05, 3.63) is 58.1 Å². The van der Waals surface area contributed by atoms with Gasteiger partial charge in [-0.2, -0.15) is 5.10 Å². The summed E-state index contributed by atoms with van der Waals surface area (Å²) in [4.78, 5) is 11.7. The highest BCUT2D eigenvalue weighted by molar-refractivity contribution is 9.10. The van der Waals surface area contributed by atoms with Gasteiger partial charge in [0.05, 0.1) is 17.8 Å². The Labute approximate surface area is 143 Å². The fourth-order valence-corrected chi connectivity index (χ4v) is 2.20. The van der Waals surface area contributed by atoms with E-state index in [-0.39, 0.29) is 12.5 Å². The molecular formula is C17H17BrN2O3. The average Bonchev–Trinajstić information content (AvgIpc) is 2.55. The number of nitrogens with zero attached hydrogens (tertiary/aromatic N) is 1. The first-order valence-electron chi connectivity index (χ1n) is 6.93. The number of hydrazone groups is 1. The second-order valence-electron chi connectivity index (χ2n) is 4.79. The number of hydrogen-bond donors (Lipinski definition) is 1. The van der Waals surface area contributed by atoms with E-state index in [1.165, 1.54) is 5.56 Å². The van der Waals surface area contributed by atoms with Crippen molar-refractivity contribution < 1.29 is 14.3 Å². The van der Waals surface area contributed by atoms with E-state index in [1.807, 2.05) is 31.2 Å². The average molecular weight is 377 g/mol. The highest BCUT2D eigenvalue weighted by atomic mass is 79.9. The van der Waals surface area contributed by atoms with Gasteiger partial charge in [-0.25, -0.2) is 5.43 Å². The Morgan fingerprint density at radius 2 is 2.00 bits per heavy atom. The second kappa shape index (κ2) is 8.33. The van der Waals surface area contributed by atoms with Gasteiger partial charge in [0.2, 0.25) is 0 Å². The quantitative estimate of drug-likeness (QED) is 0.621. The largest absolute Gasteiger partial charge is 0.497 e. The summed E-state index contributed by atoms with van der Waals surface area (Å²) in [5.41, 5.74) is 4.51. The molecule has 2 aromatic carbocycles. The minimum absolute atomic E-state index is 0.129. The summed E-state index contributed by atoms with van der Waals surface area (Å²) in [6.45, 7) is 1.88. The van der Waals surface area contributed by atoms with E-state index in [2.05, 4.69) is 26.5 Å². The van der Waals surface area contributed by atoms with Gasteiger partial charge in [-0.1, -0.05) is 29.8 Å². The van der Waals surface area contributed by atoms with E-state index in [0.29, 0.717) is 16.0 Å². The number of methoxy groups -OCH3 is 1. The van der Waals surface area contributed by atoms with Crippen LogP contribution >= 0.6 is 15.9 Å². The molecule has 0 heterocycles. The molecule has 0 aromatic heterocycles. The smallest absolute Gasteiger partial charge is 0.277 e. The fourth-order valence-electron chi connectivity index (χ4n) is 1.73. The summed E-state index contributed by atoms with van der Waals surface area (Å²) in [6, 6.07) is 13.1. The Hall–Kier alpha value is -2.34. The first kappa shape index (κ1) is 17.0. The predicted molar refractivity (Wildman–Crippen MR) is 93.1 cm³/mol. The number of ether oxygens (including phenoxy) is 2. The molecule has 0 saturated heterocycles. The van der Waals surface area contributed by atoms with Gasteiger partial charge in [-0.15, -0.1) is 0 Å². The van der Waals surface area contributed by atoms with Crippen molar-refractivity contribution in [2.75, 3.05) is 13.7 Å². The molecule has 0 atom stereocenters. The summed E-state index contributed by atoms with van der Waals surface area (Å²) in [5, 5.41) is 3.90. The van der Waals surface area contributed by atoms with E-state index in [0.717, 1.165) is 5.56 Å². The number of hydrogen-bond acceptors (Lipinski definition) is 4. The van der Waals surface area contributed by atoms with Crippen LogP contribution in [-0.2, 0) is 4.79 Å². The Morgan fingerprint density at radius 3 is 2.65 bits per heavy atom. The summed E-state index contributed by atoms with van der Waals surface area (Å²) in [6.07, 6.45) is 1.58. The molecule has 1 amide bonds. The van der Waals surface area contributed by atoms with Crippen molar-refractivity contribution in [2.45, 2.75) is 6.92 Å². The van der Waals surface area contributed by atoms with Crippen LogP contribution in [0.3, 0.4) is 0 Å². The zero-order valence-electron chi connectivity index (χ0n) is 12.9. The number of halogens is 1. The maximum absolute atomic E-state index is 11.7. The van der Waals surface area contributed by atoms with Gasteiger partial charge in [-0.05, 0) is 46.6 Å². The molecule has 2 aromatic rings. The van der Waals surface area contributed by atoms with Crippen molar-refractivity contribution in [3.63, 3.8) is 0 Å². The Bertz CT molecular complexity index is 699. The lowest BCUT2D eigenvalue weighted by molar-refractivity contribution is -0.123. The number of nitrogens with one attached hydrogen (secondary N) is 1. The lowest BCUT2D eigenvalue weighted by Gasteiger charge is -2.08. The molecular weight excluding hydrogens is 360 g/mol. The van der Waals surface area contributed by atoms with Crippen LogP contribution in [0.15, 0.2) is 52.0 Å². The minimum atomic E-state index is -0.337. The monoisotopic (exact) mass is 376 g/mol. The number of rotatable bonds is 6. The maximum atomic E-state index is 11.7. The van der Waals surface area contributed by atoms with Crippen molar-refractivity contribution in [2.24, 2.45) is 5.10 Å². The van der Waals surface area contributed by atoms with Gasteiger partial charge in [0.1, 0.15) is 11.5 Å². The summed E-state index contributed by atoms with van der Waals surface area (Å²) in [5.74, 6) is 0.927. The van der Waals surface area contributed by atoms with Gasteiger partial charge < -0.3 is 9.47 Å². The van der Waals surface area contributed by atoms with Crippen LogP contribution in [0.1, 0.15) is 11.1 Å². The van der Waals surface area contributed by atoms with Crippen molar-refractivity contribution >= 4 is 28.1 Å². The number of aryl methyl sites for hydroxylation is 1. The highest BCUT2D eigenvalue weighted by Gasteiger charge is 2.06. The summed E-state index contributed by atoms with van der Waals surface area (Å²) >= 11 is 3.36. The fraction of sp³-hybridized carbons (Fsp3) is 0.176. The van der Waals surface area contributed by atoms with Crippen molar-refractivity contribution in [3.8, 4) is 11.5 Å². The van der Waals surface area contributed by atoms with Gasteiger partial charge in [-0.3, -0.25) is 4.79 Å². The molecule has 0 aliphatic rings. The first-order valence-corrected chi connectivity index (χ1v) is 7.72.